The van der Waals surface area contributed by atoms with Crippen LogP contribution in [0, 0.1) is 0 Å². The smallest absolute Gasteiger partial charge is 1.00 e. The van der Waals surface area contributed by atoms with E-state index in [9.17, 15) is 5.11 Å². The molecule has 3 aromatic carbocycles. The topological polar surface area (TPSA) is 29.5 Å². The standard InChI is InChI=1S/C21H19O2Si.2ClH.Zr/c1-3-23-24(2)20-16-12-14-10-6-7-11-15(14)18(16)17(21(24)19(20)22)13-8-4-5-9-13;;;/h4-8,10-12,22H,3,9H2,1-2H3;2*1H;/q-1;;;+3/p-2. The molecule has 137 valence electrons. The van der Waals surface area contributed by atoms with Crippen LogP contribution in [0.3, 0.4) is 0 Å². The molecule has 6 rings (SSSR count). The Morgan fingerprint density at radius 2 is 1.93 bits per heavy atom. The summed E-state index contributed by atoms with van der Waals surface area (Å²) in [5.74, 6) is 0.475. The first-order chi connectivity index (χ1) is 11.7. The van der Waals surface area contributed by atoms with E-state index in [-0.39, 0.29) is 51.0 Å². The zero-order valence-electron chi connectivity index (χ0n) is 15.1. The Morgan fingerprint density at radius 1 is 1.19 bits per heavy atom. The number of halogens is 2. The molecule has 2 aliphatic heterocycles. The maximum atomic E-state index is 10.8. The molecule has 0 spiro atoms. The Hall–Kier alpha value is -0.770. The van der Waals surface area contributed by atoms with Gasteiger partial charge in [0.25, 0.3) is 0 Å². The van der Waals surface area contributed by atoms with E-state index in [0.29, 0.717) is 12.4 Å². The molecule has 3 aliphatic rings. The summed E-state index contributed by atoms with van der Waals surface area (Å²) in [6.45, 7) is 4.95. The van der Waals surface area contributed by atoms with Crippen molar-refractivity contribution in [3.8, 4) is 5.75 Å². The van der Waals surface area contributed by atoms with E-state index >= 15 is 0 Å². The number of fused-ring (bicyclic) bond motifs is 1. The summed E-state index contributed by atoms with van der Waals surface area (Å²) in [6, 6.07) is 10.8. The Bertz CT molecular complexity index is 1090. The fourth-order valence-electron chi connectivity index (χ4n) is 4.58. The molecule has 6 heteroatoms. The van der Waals surface area contributed by atoms with Crippen LogP contribution in [-0.4, -0.2) is 20.0 Å². The monoisotopic (exact) mass is 491 g/mol. The first-order valence-corrected chi connectivity index (χ1v) is 11.0. The number of benzene rings is 2. The minimum atomic E-state index is -2.21. The molecular formula is C21H19Cl2O2SiZr. The van der Waals surface area contributed by atoms with E-state index in [4.69, 9.17) is 4.43 Å². The van der Waals surface area contributed by atoms with Crippen molar-refractivity contribution < 1.29 is 60.6 Å². The van der Waals surface area contributed by atoms with Crippen molar-refractivity contribution in [1.82, 2.24) is 0 Å². The van der Waals surface area contributed by atoms with Crippen LogP contribution in [0.1, 0.15) is 18.9 Å². The zero-order valence-corrected chi connectivity index (χ0v) is 20.1. The third kappa shape index (κ3) is 2.84. The van der Waals surface area contributed by atoms with E-state index in [0.717, 1.165) is 16.8 Å². The van der Waals surface area contributed by atoms with E-state index in [1.54, 1.807) is 0 Å². The van der Waals surface area contributed by atoms with Crippen molar-refractivity contribution in [2.24, 2.45) is 0 Å². The summed E-state index contributed by atoms with van der Waals surface area (Å²) in [5.41, 5.74) is 2.53. The average molecular weight is 494 g/mol. The number of allylic oxidation sites excluding steroid dienone is 4. The fraction of sp³-hybridized carbons (Fsp3) is 0.190. The fourth-order valence-corrected chi connectivity index (χ4v) is 8.14. The number of phenols is 1. The Labute approximate surface area is 191 Å². The first-order valence-electron chi connectivity index (χ1n) is 8.55. The molecule has 1 unspecified atom stereocenters. The summed E-state index contributed by atoms with van der Waals surface area (Å²) < 4.78 is 6.26. The third-order valence-electron chi connectivity index (χ3n) is 5.52. The molecule has 1 radical (unpaired) electrons. The summed E-state index contributed by atoms with van der Waals surface area (Å²) in [7, 11) is -2.21. The van der Waals surface area contributed by atoms with Crippen molar-refractivity contribution in [3.05, 3.63) is 54.1 Å². The van der Waals surface area contributed by atoms with Gasteiger partial charge in [0.05, 0.1) is 5.75 Å². The average Bonchev–Trinajstić information content (AvgIpc) is 3.22. The van der Waals surface area contributed by atoms with Crippen LogP contribution in [-0.2, 0) is 30.6 Å². The molecule has 1 N–H and O–H groups in total. The van der Waals surface area contributed by atoms with Gasteiger partial charge >= 0.3 is 26.2 Å². The number of aromatic hydroxyl groups is 1. The molecule has 27 heavy (non-hydrogen) atoms. The minimum Gasteiger partial charge on any atom is -1.00 e. The van der Waals surface area contributed by atoms with Crippen molar-refractivity contribution in [2.75, 3.05) is 6.61 Å². The van der Waals surface area contributed by atoms with Gasteiger partial charge in [-0.3, -0.25) is 0 Å². The second-order valence-corrected chi connectivity index (χ2v) is 10.1. The molecule has 2 nitrogen and oxygen atoms in total. The van der Waals surface area contributed by atoms with Gasteiger partial charge in [0.1, 0.15) is 0 Å². The Kier molecular flexibility index (Phi) is 6.61. The van der Waals surface area contributed by atoms with Crippen LogP contribution < -0.4 is 35.2 Å². The summed E-state index contributed by atoms with van der Waals surface area (Å²) in [4.78, 5) is 0. The molecule has 0 aromatic heterocycles. The second-order valence-electron chi connectivity index (χ2n) is 6.78. The van der Waals surface area contributed by atoms with Crippen molar-refractivity contribution in [2.45, 2.75) is 19.9 Å². The maximum absolute atomic E-state index is 10.8. The van der Waals surface area contributed by atoms with Crippen LogP contribution in [0.2, 0.25) is 6.55 Å². The molecule has 0 amide bonds. The number of rotatable bonds is 3. The number of hydrogen-bond acceptors (Lipinski definition) is 2. The predicted octanol–water partition coefficient (Wildman–Crippen LogP) is -2.19. The van der Waals surface area contributed by atoms with Gasteiger partial charge in [-0.1, -0.05) is 42.0 Å². The maximum Gasteiger partial charge on any atom is 3.00 e. The summed E-state index contributed by atoms with van der Waals surface area (Å²) in [6.07, 6.45) is 7.41. The van der Waals surface area contributed by atoms with E-state index in [1.807, 2.05) is 6.92 Å². The SMILES string of the molecule is CCO[Si]1(C)c2c(O)c1c1[cH-]c3ccccc3c1c2C1=CC=CC1.[Cl-].[Cl-].[Zr+3]. The molecule has 2 bridgehead atoms. The summed E-state index contributed by atoms with van der Waals surface area (Å²) in [5, 5.41) is 18.0. The van der Waals surface area contributed by atoms with Crippen LogP contribution in [0.5, 0.6) is 5.75 Å². The minimum absolute atomic E-state index is 0. The van der Waals surface area contributed by atoms with Crippen LogP contribution in [0.25, 0.3) is 27.1 Å². The van der Waals surface area contributed by atoms with Crippen molar-refractivity contribution in [1.29, 1.82) is 0 Å². The van der Waals surface area contributed by atoms with Gasteiger partial charge in [-0.2, -0.15) is 0 Å². The largest absolute Gasteiger partial charge is 3.00 e. The van der Waals surface area contributed by atoms with Crippen molar-refractivity contribution in [3.63, 3.8) is 0 Å². The number of hydrogen-bond donors (Lipinski definition) is 1. The zero-order chi connectivity index (χ0) is 16.5. The molecule has 3 aromatic rings. The Morgan fingerprint density at radius 3 is 2.59 bits per heavy atom. The van der Waals surface area contributed by atoms with Crippen LogP contribution >= 0.6 is 0 Å². The predicted molar refractivity (Wildman–Crippen MR) is 103 cm³/mol. The van der Waals surface area contributed by atoms with Crippen LogP contribution in [0.15, 0.2) is 48.6 Å². The van der Waals surface area contributed by atoms with E-state index in [2.05, 4.69) is 55.1 Å². The van der Waals surface area contributed by atoms with E-state index < -0.39 is 8.32 Å². The molecule has 2 heterocycles. The van der Waals surface area contributed by atoms with Gasteiger partial charge in [-0.05, 0) is 35.8 Å². The molecule has 1 atom stereocenters. The van der Waals surface area contributed by atoms with Gasteiger partial charge in [0.15, 0.2) is 0 Å². The molecule has 0 fully saturated rings. The number of phenolic OH excluding ortho intramolecular Hbond substituents is 1. The van der Waals surface area contributed by atoms with Gasteiger partial charge in [-0.25, -0.2) is 0 Å². The molecule has 1 aliphatic carbocycles. The first kappa shape index (κ1) is 22.5. The normalized spacial score (nSPS) is 19.1. The van der Waals surface area contributed by atoms with Crippen molar-refractivity contribution >= 4 is 45.8 Å². The third-order valence-corrected chi connectivity index (χ3v) is 9.29. The van der Waals surface area contributed by atoms with Gasteiger partial charge in [0.2, 0.25) is 8.32 Å². The summed E-state index contributed by atoms with van der Waals surface area (Å²) >= 11 is 0. The Balaban J connectivity index is 0.000000871. The van der Waals surface area contributed by atoms with Gasteiger partial charge in [-0.15, -0.1) is 33.7 Å². The van der Waals surface area contributed by atoms with Crippen LogP contribution in [0.4, 0.5) is 0 Å². The quantitative estimate of drug-likeness (QED) is 0.332. The van der Waals surface area contributed by atoms with Gasteiger partial charge < -0.3 is 34.3 Å². The van der Waals surface area contributed by atoms with Gasteiger partial charge in [0, 0.05) is 6.61 Å². The van der Waals surface area contributed by atoms with E-state index in [1.165, 1.54) is 32.7 Å². The molecule has 0 saturated carbocycles. The molecule has 0 saturated heterocycles. The molecular weight excluding hydrogens is 474 g/mol. The second kappa shape index (κ2) is 7.93.